The highest BCUT2D eigenvalue weighted by Gasteiger charge is 2.14. The van der Waals surface area contributed by atoms with Crippen molar-refractivity contribution < 1.29 is 4.39 Å². The van der Waals surface area contributed by atoms with Gasteiger partial charge in [-0.15, -0.1) is 11.6 Å². The van der Waals surface area contributed by atoms with Crippen molar-refractivity contribution in [1.29, 1.82) is 0 Å². The summed E-state index contributed by atoms with van der Waals surface area (Å²) in [6, 6.07) is 13.2. The van der Waals surface area contributed by atoms with Crippen molar-refractivity contribution in [2.24, 2.45) is 5.92 Å². The Hall–Kier alpha value is -1.05. The van der Waals surface area contributed by atoms with Gasteiger partial charge in [0.15, 0.2) is 0 Å². The van der Waals surface area contributed by atoms with Gasteiger partial charge in [0.2, 0.25) is 0 Å². The minimum absolute atomic E-state index is 0.215. The molecule has 0 spiro atoms. The van der Waals surface area contributed by atoms with Gasteiger partial charge in [-0.3, -0.25) is 0 Å². The molecule has 0 aliphatic rings. The topological polar surface area (TPSA) is 0 Å². The zero-order valence-electron chi connectivity index (χ0n) is 11.4. The van der Waals surface area contributed by atoms with Crippen molar-refractivity contribution in [1.82, 2.24) is 0 Å². The fourth-order valence-corrected chi connectivity index (χ4v) is 2.77. The molecule has 3 heteroatoms. The van der Waals surface area contributed by atoms with Gasteiger partial charge in [0.1, 0.15) is 5.82 Å². The number of hydrogen-bond donors (Lipinski definition) is 0. The zero-order chi connectivity index (χ0) is 14.5. The summed E-state index contributed by atoms with van der Waals surface area (Å²) in [5.74, 6) is 0.409. The number of halogens is 3. The lowest BCUT2D eigenvalue weighted by Crippen LogP contribution is -2.11. The summed E-state index contributed by atoms with van der Waals surface area (Å²) < 4.78 is 13.5. The van der Waals surface area contributed by atoms with Gasteiger partial charge in [-0.05, 0) is 48.4 Å². The largest absolute Gasteiger partial charge is 0.205 e. The number of alkyl halides is 1. The number of benzene rings is 2. The highest BCUT2D eigenvalue weighted by atomic mass is 35.5. The van der Waals surface area contributed by atoms with Gasteiger partial charge in [-0.1, -0.05) is 48.0 Å². The predicted molar refractivity (Wildman–Crippen MR) is 84.2 cm³/mol. The van der Waals surface area contributed by atoms with E-state index in [4.69, 9.17) is 23.2 Å². The Labute approximate surface area is 129 Å². The quantitative estimate of drug-likeness (QED) is 0.646. The second kappa shape index (κ2) is 7.10. The van der Waals surface area contributed by atoms with Crippen molar-refractivity contribution in [3.63, 3.8) is 0 Å². The van der Waals surface area contributed by atoms with Gasteiger partial charge in [0.05, 0.1) is 5.02 Å². The van der Waals surface area contributed by atoms with Crippen LogP contribution in [0.1, 0.15) is 16.7 Å². The normalized spacial score (nSPS) is 12.4. The van der Waals surface area contributed by atoms with Gasteiger partial charge in [0, 0.05) is 5.88 Å². The van der Waals surface area contributed by atoms with Crippen molar-refractivity contribution >= 4 is 23.2 Å². The molecule has 0 nitrogen and oxygen atoms in total. The Bertz CT molecular complexity index is 581. The summed E-state index contributed by atoms with van der Waals surface area (Å²) >= 11 is 12.1. The smallest absolute Gasteiger partial charge is 0.142 e. The van der Waals surface area contributed by atoms with Crippen LogP contribution in [-0.2, 0) is 12.8 Å². The van der Waals surface area contributed by atoms with E-state index in [1.165, 1.54) is 17.2 Å². The Balaban J connectivity index is 2.14. The molecule has 2 rings (SSSR count). The van der Waals surface area contributed by atoms with Crippen molar-refractivity contribution in [2.75, 3.05) is 5.88 Å². The molecule has 20 heavy (non-hydrogen) atoms. The average molecular weight is 311 g/mol. The van der Waals surface area contributed by atoms with Crippen LogP contribution in [0.25, 0.3) is 0 Å². The number of rotatable bonds is 5. The Morgan fingerprint density at radius 1 is 1.00 bits per heavy atom. The summed E-state index contributed by atoms with van der Waals surface area (Å²) in [6.07, 6.45) is 1.57. The van der Waals surface area contributed by atoms with E-state index in [0.29, 0.717) is 12.3 Å². The van der Waals surface area contributed by atoms with E-state index in [0.717, 1.165) is 12.0 Å². The van der Waals surface area contributed by atoms with Gasteiger partial charge in [-0.2, -0.15) is 0 Å². The number of aryl methyl sites for hydroxylation is 1. The minimum Gasteiger partial charge on any atom is -0.205 e. The molecular weight excluding hydrogens is 294 g/mol. The third-order valence-electron chi connectivity index (χ3n) is 3.53. The van der Waals surface area contributed by atoms with Crippen LogP contribution < -0.4 is 0 Å². The molecule has 0 amide bonds. The second-order valence-corrected chi connectivity index (χ2v) is 5.75. The highest BCUT2D eigenvalue weighted by Crippen LogP contribution is 2.25. The molecule has 0 aliphatic heterocycles. The highest BCUT2D eigenvalue weighted by molar-refractivity contribution is 6.31. The van der Waals surface area contributed by atoms with Crippen LogP contribution in [0.2, 0.25) is 5.02 Å². The van der Waals surface area contributed by atoms with Crippen LogP contribution in [0.3, 0.4) is 0 Å². The van der Waals surface area contributed by atoms with Crippen LogP contribution in [0, 0.1) is 18.7 Å². The lowest BCUT2D eigenvalue weighted by Gasteiger charge is -2.16. The van der Waals surface area contributed by atoms with E-state index in [9.17, 15) is 4.39 Å². The first kappa shape index (κ1) is 15.3. The van der Waals surface area contributed by atoms with Gasteiger partial charge < -0.3 is 0 Å². The first-order valence-electron chi connectivity index (χ1n) is 6.65. The van der Waals surface area contributed by atoms with Gasteiger partial charge in [-0.25, -0.2) is 4.39 Å². The second-order valence-electron chi connectivity index (χ2n) is 5.07. The SMILES string of the molecule is Cc1ccccc1CC(CCl)Cc1cccc(F)c1Cl. The molecule has 106 valence electrons. The third kappa shape index (κ3) is 3.74. The molecular formula is C17H17Cl2F. The summed E-state index contributed by atoms with van der Waals surface area (Å²) in [7, 11) is 0. The van der Waals surface area contributed by atoms with Gasteiger partial charge in [0.25, 0.3) is 0 Å². The molecule has 0 bridgehead atoms. The third-order valence-corrected chi connectivity index (χ3v) is 4.39. The minimum atomic E-state index is -0.367. The molecule has 0 aromatic heterocycles. The predicted octanol–water partition coefficient (Wildman–Crippen LogP) is 5.43. The van der Waals surface area contributed by atoms with E-state index in [1.807, 2.05) is 18.2 Å². The molecule has 0 aliphatic carbocycles. The van der Waals surface area contributed by atoms with Crippen molar-refractivity contribution in [2.45, 2.75) is 19.8 Å². The maximum atomic E-state index is 13.5. The molecule has 1 unspecified atom stereocenters. The van der Waals surface area contributed by atoms with Crippen LogP contribution in [-0.4, -0.2) is 5.88 Å². The maximum absolute atomic E-state index is 13.5. The summed E-state index contributed by atoms with van der Waals surface area (Å²) in [5.41, 5.74) is 3.37. The van der Waals surface area contributed by atoms with E-state index >= 15 is 0 Å². The standard InChI is InChI=1S/C17H17Cl2F/c1-12-5-2-3-6-14(12)9-13(11-18)10-15-7-4-8-16(20)17(15)19/h2-8,13H,9-11H2,1H3. The summed E-state index contributed by atoms with van der Waals surface area (Å²) in [5, 5.41) is 0.215. The maximum Gasteiger partial charge on any atom is 0.142 e. The molecule has 0 radical (unpaired) electrons. The average Bonchev–Trinajstić information content (AvgIpc) is 2.45. The molecule has 0 heterocycles. The van der Waals surface area contributed by atoms with E-state index in [1.54, 1.807) is 6.07 Å². The van der Waals surface area contributed by atoms with E-state index in [-0.39, 0.29) is 16.8 Å². The molecule has 0 fully saturated rings. The van der Waals surface area contributed by atoms with Crippen molar-refractivity contribution in [3.05, 3.63) is 70.0 Å². The zero-order valence-corrected chi connectivity index (χ0v) is 12.9. The van der Waals surface area contributed by atoms with Crippen LogP contribution in [0.5, 0.6) is 0 Å². The van der Waals surface area contributed by atoms with Crippen LogP contribution in [0.15, 0.2) is 42.5 Å². The van der Waals surface area contributed by atoms with E-state index < -0.39 is 0 Å². The summed E-state index contributed by atoms with van der Waals surface area (Å²) in [4.78, 5) is 0. The Kier molecular flexibility index (Phi) is 5.45. The first-order valence-corrected chi connectivity index (χ1v) is 7.56. The fourth-order valence-electron chi connectivity index (χ4n) is 2.35. The van der Waals surface area contributed by atoms with Crippen LogP contribution >= 0.6 is 23.2 Å². The van der Waals surface area contributed by atoms with Crippen LogP contribution in [0.4, 0.5) is 4.39 Å². The fraction of sp³-hybridized carbons (Fsp3) is 0.294. The molecule has 1 atom stereocenters. The van der Waals surface area contributed by atoms with Gasteiger partial charge >= 0.3 is 0 Å². The number of hydrogen-bond acceptors (Lipinski definition) is 0. The lowest BCUT2D eigenvalue weighted by molar-refractivity contribution is 0.575. The molecule has 0 saturated carbocycles. The Morgan fingerprint density at radius 2 is 1.65 bits per heavy atom. The lowest BCUT2D eigenvalue weighted by atomic mass is 9.92. The summed E-state index contributed by atoms with van der Waals surface area (Å²) in [6.45, 7) is 2.09. The van der Waals surface area contributed by atoms with E-state index in [2.05, 4.69) is 19.1 Å². The molecule has 2 aromatic rings. The van der Waals surface area contributed by atoms with Crippen molar-refractivity contribution in [3.8, 4) is 0 Å². The Morgan fingerprint density at radius 3 is 2.35 bits per heavy atom. The molecule has 0 N–H and O–H groups in total. The first-order chi connectivity index (χ1) is 9.61. The monoisotopic (exact) mass is 310 g/mol. The molecule has 0 saturated heterocycles. The molecule has 2 aromatic carbocycles.